The van der Waals surface area contributed by atoms with Crippen molar-refractivity contribution in [1.29, 1.82) is 0 Å². The van der Waals surface area contributed by atoms with Crippen molar-refractivity contribution in [3.63, 3.8) is 0 Å². The van der Waals surface area contributed by atoms with Crippen molar-refractivity contribution in [3.8, 4) is 11.3 Å². The smallest absolute Gasteiger partial charge is 0.335 e. The van der Waals surface area contributed by atoms with Crippen LogP contribution >= 0.6 is 11.6 Å². The Bertz CT molecular complexity index is 1160. The highest BCUT2D eigenvalue weighted by Gasteiger charge is 2.15. The summed E-state index contributed by atoms with van der Waals surface area (Å²) in [5, 5.41) is 9.32. The number of benzene rings is 2. The number of nitrogens with zero attached hydrogens (tertiary/aromatic N) is 2. The SMILES string of the molecule is C=S(=O)(Nc1nc(Cl)cc(-c2c(C)cccc2C)n1)c1cccc(C(=O)O)c1. The molecule has 0 spiro atoms. The molecule has 1 atom stereocenters. The van der Waals surface area contributed by atoms with Crippen LogP contribution in [-0.4, -0.2) is 31.1 Å². The van der Waals surface area contributed by atoms with E-state index in [-0.39, 0.29) is 21.6 Å². The Hall–Kier alpha value is -2.90. The molecule has 2 N–H and O–H groups in total. The number of nitrogens with one attached hydrogen (secondary N) is 1. The predicted molar refractivity (Wildman–Crippen MR) is 113 cm³/mol. The van der Waals surface area contributed by atoms with Crippen molar-refractivity contribution >= 4 is 39.1 Å². The van der Waals surface area contributed by atoms with Crippen LogP contribution in [-0.2, 0) is 9.71 Å². The topological polar surface area (TPSA) is 92.2 Å². The van der Waals surface area contributed by atoms with Gasteiger partial charge in [-0.05, 0) is 49.0 Å². The van der Waals surface area contributed by atoms with Crippen LogP contribution in [0.3, 0.4) is 0 Å². The largest absolute Gasteiger partial charge is 0.478 e. The molecule has 3 aromatic rings. The van der Waals surface area contributed by atoms with E-state index in [0.717, 1.165) is 16.7 Å². The zero-order chi connectivity index (χ0) is 20.5. The molecule has 0 amide bonds. The predicted octanol–water partition coefficient (Wildman–Crippen LogP) is 4.21. The number of aryl methyl sites for hydroxylation is 2. The van der Waals surface area contributed by atoms with E-state index in [4.69, 9.17) is 16.7 Å². The lowest BCUT2D eigenvalue weighted by Crippen LogP contribution is -2.16. The van der Waals surface area contributed by atoms with Gasteiger partial charge in [-0.2, -0.15) is 0 Å². The molecule has 28 heavy (non-hydrogen) atoms. The van der Waals surface area contributed by atoms with Crippen LogP contribution < -0.4 is 4.72 Å². The van der Waals surface area contributed by atoms with Crippen molar-refractivity contribution in [2.24, 2.45) is 0 Å². The number of anilines is 1. The fraction of sp³-hybridized carbons (Fsp3) is 0.100. The number of carboxylic acid groups (broad SMARTS) is 1. The molecule has 1 unspecified atom stereocenters. The molecule has 0 saturated heterocycles. The van der Waals surface area contributed by atoms with Crippen LogP contribution in [0.5, 0.6) is 0 Å². The molecule has 0 fully saturated rings. The summed E-state index contributed by atoms with van der Waals surface area (Å²) < 4.78 is 15.8. The Morgan fingerprint density at radius 3 is 2.39 bits per heavy atom. The normalized spacial score (nSPS) is 13.0. The second-order valence-electron chi connectivity index (χ2n) is 6.28. The van der Waals surface area contributed by atoms with Gasteiger partial charge in [0.05, 0.1) is 25.9 Å². The molecule has 3 rings (SSSR count). The first-order chi connectivity index (χ1) is 13.2. The molecule has 0 aliphatic carbocycles. The Morgan fingerprint density at radius 1 is 1.11 bits per heavy atom. The number of hydrogen-bond acceptors (Lipinski definition) is 4. The second-order valence-corrected chi connectivity index (χ2v) is 8.69. The van der Waals surface area contributed by atoms with E-state index in [2.05, 4.69) is 20.6 Å². The number of carboxylic acids is 1. The molecule has 0 aliphatic heterocycles. The number of rotatable bonds is 5. The molecule has 1 heterocycles. The molecule has 144 valence electrons. The Labute approximate surface area is 168 Å². The summed E-state index contributed by atoms with van der Waals surface area (Å²) in [6.07, 6.45) is 0. The number of aromatic carboxylic acids is 1. The minimum atomic E-state index is -3.10. The van der Waals surface area contributed by atoms with Crippen LogP contribution in [0.1, 0.15) is 21.5 Å². The zero-order valence-corrected chi connectivity index (χ0v) is 16.8. The summed E-state index contributed by atoms with van der Waals surface area (Å²) in [4.78, 5) is 19.9. The first-order valence-electron chi connectivity index (χ1n) is 8.27. The van der Waals surface area contributed by atoms with E-state index in [0.29, 0.717) is 5.69 Å². The summed E-state index contributed by atoms with van der Waals surface area (Å²) in [7, 11) is -3.10. The summed E-state index contributed by atoms with van der Waals surface area (Å²) in [6, 6.07) is 13.3. The number of carbonyl (C=O) groups is 1. The Morgan fingerprint density at radius 2 is 1.75 bits per heavy atom. The maximum atomic E-state index is 13.1. The van der Waals surface area contributed by atoms with Crippen molar-refractivity contribution in [3.05, 3.63) is 70.4 Å². The lowest BCUT2D eigenvalue weighted by molar-refractivity contribution is 0.0696. The molecule has 0 saturated carbocycles. The van der Waals surface area contributed by atoms with Crippen molar-refractivity contribution in [2.45, 2.75) is 18.7 Å². The quantitative estimate of drug-likeness (QED) is 0.481. The van der Waals surface area contributed by atoms with Gasteiger partial charge in [0.25, 0.3) is 0 Å². The van der Waals surface area contributed by atoms with E-state index in [1.165, 1.54) is 24.3 Å². The van der Waals surface area contributed by atoms with Gasteiger partial charge in [0.2, 0.25) is 5.95 Å². The third kappa shape index (κ3) is 4.16. The van der Waals surface area contributed by atoms with Gasteiger partial charge in [-0.15, -0.1) is 0 Å². The highest BCUT2D eigenvalue weighted by atomic mass is 35.5. The summed E-state index contributed by atoms with van der Waals surface area (Å²) in [5.41, 5.74) is 3.56. The van der Waals surface area contributed by atoms with Gasteiger partial charge >= 0.3 is 5.97 Å². The third-order valence-electron chi connectivity index (χ3n) is 4.15. The molecule has 6 nitrogen and oxygen atoms in total. The highest BCUT2D eigenvalue weighted by molar-refractivity contribution is 8.01. The lowest BCUT2D eigenvalue weighted by atomic mass is 10.00. The van der Waals surface area contributed by atoms with E-state index in [9.17, 15) is 9.00 Å². The van der Waals surface area contributed by atoms with Crippen LogP contribution in [0, 0.1) is 13.8 Å². The second kappa shape index (κ2) is 7.61. The molecule has 2 aromatic carbocycles. The van der Waals surface area contributed by atoms with Gasteiger partial charge in [0.1, 0.15) is 5.15 Å². The molecular weight excluding hydrogens is 398 g/mol. The standard InChI is InChI=1S/C20H18ClN3O3S/c1-12-6-4-7-13(2)18(12)16-11-17(21)23-20(22-16)24-28(3,27)15-9-5-8-14(10-15)19(25)26/h4-11H,3H2,1-2H3,(H,25,26)(H,22,23,24,27). The fourth-order valence-electron chi connectivity index (χ4n) is 2.85. The molecule has 1 aromatic heterocycles. The fourth-order valence-corrected chi connectivity index (χ4v) is 4.15. The molecule has 0 radical (unpaired) electrons. The van der Waals surface area contributed by atoms with Gasteiger partial charge in [-0.3, -0.25) is 4.72 Å². The Balaban J connectivity index is 2.02. The maximum Gasteiger partial charge on any atom is 0.335 e. The Kier molecular flexibility index (Phi) is 5.40. The van der Waals surface area contributed by atoms with Crippen LogP contribution in [0.15, 0.2) is 53.4 Å². The third-order valence-corrected chi connectivity index (χ3v) is 5.87. The average molecular weight is 416 g/mol. The minimum Gasteiger partial charge on any atom is -0.478 e. The van der Waals surface area contributed by atoms with Gasteiger partial charge in [-0.1, -0.05) is 35.9 Å². The van der Waals surface area contributed by atoms with Gasteiger partial charge in [0, 0.05) is 11.6 Å². The zero-order valence-electron chi connectivity index (χ0n) is 15.3. The van der Waals surface area contributed by atoms with E-state index in [1.807, 2.05) is 32.0 Å². The molecule has 8 heteroatoms. The van der Waals surface area contributed by atoms with E-state index < -0.39 is 15.7 Å². The van der Waals surface area contributed by atoms with Crippen LogP contribution in [0.2, 0.25) is 5.15 Å². The van der Waals surface area contributed by atoms with E-state index >= 15 is 0 Å². The van der Waals surface area contributed by atoms with Crippen LogP contribution in [0.25, 0.3) is 11.3 Å². The summed E-state index contributed by atoms with van der Waals surface area (Å²) >= 11 is 6.16. The van der Waals surface area contributed by atoms with Gasteiger partial charge in [0.15, 0.2) is 0 Å². The maximum absolute atomic E-state index is 13.1. The molecular formula is C20H18ClN3O3S. The number of aromatic nitrogens is 2. The number of halogens is 1. The van der Waals surface area contributed by atoms with Gasteiger partial charge < -0.3 is 5.11 Å². The molecule has 0 bridgehead atoms. The number of hydrogen-bond donors (Lipinski definition) is 2. The molecule has 0 aliphatic rings. The first kappa shape index (κ1) is 19.9. The van der Waals surface area contributed by atoms with Crippen molar-refractivity contribution < 1.29 is 14.1 Å². The average Bonchev–Trinajstić information content (AvgIpc) is 2.61. The van der Waals surface area contributed by atoms with Crippen LogP contribution in [0.4, 0.5) is 5.95 Å². The van der Waals surface area contributed by atoms with Crippen molar-refractivity contribution in [1.82, 2.24) is 9.97 Å². The monoisotopic (exact) mass is 415 g/mol. The van der Waals surface area contributed by atoms with Gasteiger partial charge in [-0.25, -0.2) is 19.0 Å². The lowest BCUT2D eigenvalue weighted by Gasteiger charge is -2.14. The van der Waals surface area contributed by atoms with Crippen molar-refractivity contribution in [2.75, 3.05) is 4.72 Å². The first-order valence-corrected chi connectivity index (χ1v) is 10.4. The van der Waals surface area contributed by atoms with E-state index in [1.54, 1.807) is 6.07 Å². The highest BCUT2D eigenvalue weighted by Crippen LogP contribution is 2.28. The minimum absolute atomic E-state index is 0.0129. The summed E-state index contributed by atoms with van der Waals surface area (Å²) in [5.74, 6) is 2.63. The summed E-state index contributed by atoms with van der Waals surface area (Å²) in [6.45, 7) is 3.93.